The minimum Gasteiger partial charge on any atom is -0.342 e. The lowest BCUT2D eigenvalue weighted by atomic mass is 9.72. The van der Waals surface area contributed by atoms with Crippen LogP contribution in [0.3, 0.4) is 0 Å². The van der Waals surface area contributed by atoms with Gasteiger partial charge in [0.2, 0.25) is 5.91 Å². The van der Waals surface area contributed by atoms with Gasteiger partial charge in [-0.05, 0) is 49.1 Å². The standard InChI is InChI=1S/C22H23Cl3FNO4S/c1-32(29,30)31-11-9-22(15-6-7-18(24)19(25)12-15)8-3-10-27(14-22)21(28)13-16-17(23)4-2-5-20(16)26/h2,4-7,12H,3,8-11,13-14H2,1H3/t22-/m1/s1. The van der Waals surface area contributed by atoms with E-state index in [0.29, 0.717) is 42.4 Å². The van der Waals surface area contributed by atoms with Gasteiger partial charge < -0.3 is 4.90 Å². The van der Waals surface area contributed by atoms with Gasteiger partial charge >= 0.3 is 0 Å². The number of hydrogen-bond acceptors (Lipinski definition) is 4. The van der Waals surface area contributed by atoms with E-state index in [4.69, 9.17) is 39.0 Å². The summed E-state index contributed by atoms with van der Waals surface area (Å²) in [5.74, 6) is -0.787. The largest absolute Gasteiger partial charge is 0.342 e. The van der Waals surface area contributed by atoms with Crippen LogP contribution < -0.4 is 0 Å². The number of rotatable bonds is 7. The van der Waals surface area contributed by atoms with Crippen molar-refractivity contribution in [1.82, 2.24) is 4.90 Å². The Morgan fingerprint density at radius 3 is 2.56 bits per heavy atom. The maximum atomic E-state index is 14.2. The van der Waals surface area contributed by atoms with Crippen molar-refractivity contribution in [3.8, 4) is 0 Å². The first-order valence-corrected chi connectivity index (χ1v) is 13.0. The Kier molecular flexibility index (Phi) is 8.10. The summed E-state index contributed by atoms with van der Waals surface area (Å²) in [5, 5.41) is 0.970. The van der Waals surface area contributed by atoms with E-state index in [1.165, 1.54) is 12.1 Å². The molecule has 5 nitrogen and oxygen atoms in total. The van der Waals surface area contributed by atoms with Gasteiger partial charge in [0.25, 0.3) is 10.1 Å². The third-order valence-electron chi connectivity index (χ3n) is 5.73. The molecule has 0 spiro atoms. The van der Waals surface area contributed by atoms with Crippen LogP contribution in [0.15, 0.2) is 36.4 Å². The van der Waals surface area contributed by atoms with Crippen molar-refractivity contribution in [2.75, 3.05) is 26.0 Å². The van der Waals surface area contributed by atoms with Gasteiger partial charge in [0.05, 0.1) is 29.3 Å². The smallest absolute Gasteiger partial charge is 0.264 e. The minimum absolute atomic E-state index is 0.0414. The van der Waals surface area contributed by atoms with Crippen molar-refractivity contribution in [1.29, 1.82) is 0 Å². The van der Waals surface area contributed by atoms with Crippen LogP contribution in [0.2, 0.25) is 15.1 Å². The third kappa shape index (κ3) is 6.14. The fourth-order valence-electron chi connectivity index (χ4n) is 4.11. The van der Waals surface area contributed by atoms with Crippen LogP contribution in [-0.4, -0.2) is 45.2 Å². The van der Waals surface area contributed by atoms with Crippen LogP contribution in [0.4, 0.5) is 4.39 Å². The van der Waals surface area contributed by atoms with Crippen LogP contribution >= 0.6 is 34.8 Å². The lowest BCUT2D eigenvalue weighted by Gasteiger charge is -2.43. The number of hydrogen-bond donors (Lipinski definition) is 0. The highest BCUT2D eigenvalue weighted by atomic mass is 35.5. The van der Waals surface area contributed by atoms with Gasteiger partial charge in [-0.1, -0.05) is 46.9 Å². The normalized spacial score (nSPS) is 19.2. The summed E-state index contributed by atoms with van der Waals surface area (Å²) in [6.07, 6.45) is 2.55. The molecule has 1 amide bonds. The van der Waals surface area contributed by atoms with Crippen LogP contribution in [0.1, 0.15) is 30.4 Å². The summed E-state index contributed by atoms with van der Waals surface area (Å²) >= 11 is 18.4. The first-order chi connectivity index (χ1) is 15.0. The fraction of sp³-hybridized carbons (Fsp3) is 0.409. The summed E-state index contributed by atoms with van der Waals surface area (Å²) in [6.45, 7) is 0.768. The summed E-state index contributed by atoms with van der Waals surface area (Å²) in [6, 6.07) is 9.56. The van der Waals surface area contributed by atoms with Crippen molar-refractivity contribution in [3.05, 3.63) is 68.4 Å². The molecule has 1 aliphatic heterocycles. The quantitative estimate of drug-likeness (QED) is 0.466. The van der Waals surface area contributed by atoms with Crippen LogP contribution in [0, 0.1) is 5.82 Å². The van der Waals surface area contributed by atoms with E-state index in [1.54, 1.807) is 23.1 Å². The molecule has 1 heterocycles. The van der Waals surface area contributed by atoms with E-state index >= 15 is 0 Å². The monoisotopic (exact) mass is 521 g/mol. The van der Waals surface area contributed by atoms with Crippen molar-refractivity contribution < 1.29 is 21.8 Å². The van der Waals surface area contributed by atoms with E-state index in [9.17, 15) is 17.6 Å². The Hall–Kier alpha value is -1.38. The average molecular weight is 523 g/mol. The molecule has 0 saturated carbocycles. The number of nitrogens with zero attached hydrogens (tertiary/aromatic N) is 1. The molecule has 0 N–H and O–H groups in total. The van der Waals surface area contributed by atoms with Crippen LogP contribution in [0.25, 0.3) is 0 Å². The molecule has 0 unspecified atom stereocenters. The highest BCUT2D eigenvalue weighted by molar-refractivity contribution is 7.85. The molecule has 10 heteroatoms. The number of carbonyl (C=O) groups is 1. The van der Waals surface area contributed by atoms with Gasteiger partial charge in [0.15, 0.2) is 0 Å². The molecular formula is C22H23Cl3FNO4S. The van der Waals surface area contributed by atoms with Crippen LogP contribution in [0.5, 0.6) is 0 Å². The molecule has 0 aliphatic carbocycles. The average Bonchev–Trinajstić information content (AvgIpc) is 2.72. The summed E-state index contributed by atoms with van der Waals surface area (Å²) < 4.78 is 42.2. The van der Waals surface area contributed by atoms with Crippen molar-refractivity contribution in [3.63, 3.8) is 0 Å². The second-order valence-electron chi connectivity index (χ2n) is 7.98. The molecular weight excluding hydrogens is 500 g/mol. The number of benzene rings is 2. The zero-order valence-electron chi connectivity index (χ0n) is 17.4. The SMILES string of the molecule is CS(=O)(=O)OCC[C@]1(c2ccc(Cl)c(Cl)c2)CCCN(C(=O)Cc2c(F)cccc2Cl)C1. The topological polar surface area (TPSA) is 63.7 Å². The number of carbonyl (C=O) groups excluding carboxylic acids is 1. The summed E-state index contributed by atoms with van der Waals surface area (Å²) in [5.41, 5.74) is 0.405. The molecule has 32 heavy (non-hydrogen) atoms. The van der Waals surface area contributed by atoms with Gasteiger partial charge in [-0.3, -0.25) is 8.98 Å². The van der Waals surface area contributed by atoms with Crippen molar-refractivity contribution >= 4 is 50.8 Å². The second-order valence-corrected chi connectivity index (χ2v) is 10.8. The summed E-state index contributed by atoms with van der Waals surface area (Å²) in [4.78, 5) is 14.7. The molecule has 1 atom stereocenters. The number of piperidine rings is 1. The Morgan fingerprint density at radius 1 is 1.16 bits per heavy atom. The Bertz CT molecular complexity index is 1090. The molecule has 3 rings (SSSR count). The predicted octanol–water partition coefficient (Wildman–Crippen LogP) is 5.26. The van der Waals surface area contributed by atoms with Gasteiger partial charge in [-0.2, -0.15) is 8.42 Å². The Balaban J connectivity index is 1.87. The van der Waals surface area contributed by atoms with Crippen LogP contribution in [-0.2, 0) is 30.9 Å². The van der Waals surface area contributed by atoms with Crippen molar-refractivity contribution in [2.45, 2.75) is 31.1 Å². The minimum atomic E-state index is -3.61. The number of likely N-dealkylation sites (tertiary alicyclic amines) is 1. The zero-order chi connectivity index (χ0) is 23.5. The lowest BCUT2D eigenvalue weighted by molar-refractivity contribution is -0.133. The van der Waals surface area contributed by atoms with E-state index in [2.05, 4.69) is 0 Å². The van der Waals surface area contributed by atoms with Crippen molar-refractivity contribution in [2.24, 2.45) is 0 Å². The molecule has 0 bridgehead atoms. The van der Waals surface area contributed by atoms with Gasteiger partial charge in [-0.25, -0.2) is 4.39 Å². The maximum absolute atomic E-state index is 14.2. The van der Waals surface area contributed by atoms with E-state index in [1.807, 2.05) is 6.07 Å². The van der Waals surface area contributed by atoms with E-state index < -0.39 is 21.4 Å². The summed E-state index contributed by atoms with van der Waals surface area (Å²) in [7, 11) is -3.61. The molecule has 174 valence electrons. The molecule has 2 aromatic carbocycles. The zero-order valence-corrected chi connectivity index (χ0v) is 20.5. The van der Waals surface area contributed by atoms with Gasteiger partial charge in [-0.15, -0.1) is 0 Å². The first-order valence-electron chi connectivity index (χ1n) is 10.0. The molecule has 1 fully saturated rings. The predicted molar refractivity (Wildman–Crippen MR) is 124 cm³/mol. The molecule has 0 radical (unpaired) electrons. The highest BCUT2D eigenvalue weighted by Gasteiger charge is 2.39. The Labute approximate surface area is 202 Å². The first kappa shape index (κ1) is 25.2. The second kappa shape index (κ2) is 10.3. The number of halogens is 4. The molecule has 2 aromatic rings. The molecule has 1 saturated heterocycles. The Morgan fingerprint density at radius 2 is 1.91 bits per heavy atom. The highest BCUT2D eigenvalue weighted by Crippen LogP contribution is 2.40. The molecule has 0 aromatic heterocycles. The lowest BCUT2D eigenvalue weighted by Crippen LogP contribution is -2.49. The third-order valence-corrected chi connectivity index (χ3v) is 7.42. The van der Waals surface area contributed by atoms with E-state index in [0.717, 1.165) is 11.8 Å². The van der Waals surface area contributed by atoms with Gasteiger partial charge in [0, 0.05) is 29.1 Å². The number of amides is 1. The van der Waals surface area contributed by atoms with E-state index in [-0.39, 0.29) is 29.5 Å². The van der Waals surface area contributed by atoms with Gasteiger partial charge in [0.1, 0.15) is 5.82 Å². The fourth-order valence-corrected chi connectivity index (χ4v) is 5.02. The maximum Gasteiger partial charge on any atom is 0.264 e. The molecule has 1 aliphatic rings.